The first-order valence-electron chi connectivity index (χ1n) is 8.21. The van der Waals surface area contributed by atoms with Crippen LogP contribution >= 0.6 is 11.3 Å². The molecule has 0 N–H and O–H groups in total. The van der Waals surface area contributed by atoms with Crippen molar-refractivity contribution < 1.29 is 4.79 Å². The smallest absolute Gasteiger partial charge is 0.264 e. The molecule has 0 saturated carbocycles. The van der Waals surface area contributed by atoms with Gasteiger partial charge in [-0.15, -0.1) is 11.3 Å². The maximum atomic E-state index is 12.9. The molecule has 4 nitrogen and oxygen atoms in total. The molecule has 2 aliphatic rings. The van der Waals surface area contributed by atoms with Crippen LogP contribution < -0.4 is 0 Å². The third kappa shape index (κ3) is 2.58. The molecule has 116 valence electrons. The van der Waals surface area contributed by atoms with Gasteiger partial charge in [0.25, 0.3) is 5.91 Å². The predicted octanol–water partition coefficient (Wildman–Crippen LogP) is 3.13. The van der Waals surface area contributed by atoms with Gasteiger partial charge in [-0.05, 0) is 56.2 Å². The summed E-state index contributed by atoms with van der Waals surface area (Å²) in [5.74, 6) is 0.231. The molecular weight excluding hydrogens is 294 g/mol. The standard InChI is InChI=1S/C17H21N3OS/c21-17(16-11-13-5-1-2-7-15(13)22-16)20-10-3-6-14(20)12-19-9-4-8-18-19/h4,8-9,11,14H,1-3,5-7,10,12H2/t14-/m1/s1. The number of carbonyl (C=O) groups is 1. The molecule has 3 heterocycles. The van der Waals surface area contributed by atoms with Gasteiger partial charge < -0.3 is 4.90 Å². The Morgan fingerprint density at radius 3 is 3.05 bits per heavy atom. The number of hydrogen-bond donors (Lipinski definition) is 0. The summed E-state index contributed by atoms with van der Waals surface area (Å²) in [4.78, 5) is 17.4. The molecule has 1 aliphatic carbocycles. The van der Waals surface area contributed by atoms with Gasteiger partial charge in [-0.1, -0.05) is 0 Å². The van der Waals surface area contributed by atoms with Gasteiger partial charge in [0.05, 0.1) is 17.5 Å². The Labute approximate surface area is 134 Å². The summed E-state index contributed by atoms with van der Waals surface area (Å²) < 4.78 is 1.94. The molecule has 0 aromatic carbocycles. The number of nitrogens with zero attached hydrogens (tertiary/aromatic N) is 3. The molecule has 4 rings (SSSR count). The van der Waals surface area contributed by atoms with Crippen LogP contribution in [-0.4, -0.2) is 33.2 Å². The minimum Gasteiger partial charge on any atom is -0.333 e. The monoisotopic (exact) mass is 315 g/mol. The Balaban J connectivity index is 1.52. The molecule has 5 heteroatoms. The quantitative estimate of drug-likeness (QED) is 0.873. The van der Waals surface area contributed by atoms with E-state index in [1.807, 2.05) is 16.9 Å². The lowest BCUT2D eigenvalue weighted by atomic mass is 9.99. The van der Waals surface area contributed by atoms with E-state index >= 15 is 0 Å². The number of hydrogen-bond acceptors (Lipinski definition) is 3. The van der Waals surface area contributed by atoms with Gasteiger partial charge in [-0.2, -0.15) is 5.10 Å². The van der Waals surface area contributed by atoms with Crippen molar-refractivity contribution in [2.75, 3.05) is 6.54 Å². The fourth-order valence-corrected chi connectivity index (χ4v) is 4.86. The number of fused-ring (bicyclic) bond motifs is 1. The number of thiophene rings is 1. The third-order valence-electron chi connectivity index (χ3n) is 4.80. The molecule has 0 bridgehead atoms. The lowest BCUT2D eigenvalue weighted by Gasteiger charge is -2.24. The van der Waals surface area contributed by atoms with Crippen LogP contribution in [0.3, 0.4) is 0 Å². The Hall–Kier alpha value is -1.62. The molecule has 1 aliphatic heterocycles. The van der Waals surface area contributed by atoms with E-state index in [-0.39, 0.29) is 11.9 Å². The number of carbonyl (C=O) groups excluding carboxylic acids is 1. The average molecular weight is 315 g/mol. The van der Waals surface area contributed by atoms with E-state index in [0.29, 0.717) is 0 Å². The highest BCUT2D eigenvalue weighted by atomic mass is 32.1. The van der Waals surface area contributed by atoms with Gasteiger partial charge in [-0.3, -0.25) is 9.48 Å². The lowest BCUT2D eigenvalue weighted by molar-refractivity contribution is 0.0726. The van der Waals surface area contributed by atoms with Gasteiger partial charge in [0.2, 0.25) is 0 Å². The summed E-state index contributed by atoms with van der Waals surface area (Å²) in [6, 6.07) is 4.38. The van der Waals surface area contributed by atoms with E-state index in [9.17, 15) is 4.79 Å². The van der Waals surface area contributed by atoms with E-state index in [4.69, 9.17) is 0 Å². The van der Waals surface area contributed by atoms with E-state index in [1.54, 1.807) is 17.5 Å². The van der Waals surface area contributed by atoms with E-state index in [2.05, 4.69) is 16.1 Å². The molecule has 2 aromatic rings. The average Bonchev–Trinajstić information content (AvgIpc) is 3.27. The summed E-state index contributed by atoms with van der Waals surface area (Å²) in [7, 11) is 0. The topological polar surface area (TPSA) is 38.1 Å². The highest BCUT2D eigenvalue weighted by Gasteiger charge is 2.31. The maximum Gasteiger partial charge on any atom is 0.264 e. The normalized spacial score (nSPS) is 21.1. The minimum absolute atomic E-state index is 0.231. The molecule has 1 saturated heterocycles. The maximum absolute atomic E-state index is 12.9. The van der Waals surface area contributed by atoms with Crippen LogP contribution in [0.2, 0.25) is 0 Å². The minimum atomic E-state index is 0.231. The summed E-state index contributed by atoms with van der Waals surface area (Å²) >= 11 is 1.73. The van der Waals surface area contributed by atoms with Crippen LogP contribution in [0.25, 0.3) is 0 Å². The zero-order chi connectivity index (χ0) is 14.9. The molecule has 0 unspecified atom stereocenters. The van der Waals surface area contributed by atoms with Crippen LogP contribution in [-0.2, 0) is 19.4 Å². The van der Waals surface area contributed by atoms with Crippen molar-refractivity contribution in [1.82, 2.24) is 14.7 Å². The van der Waals surface area contributed by atoms with Gasteiger partial charge in [0.15, 0.2) is 0 Å². The summed E-state index contributed by atoms with van der Waals surface area (Å²) in [5, 5.41) is 4.28. The Bertz CT molecular complexity index is 638. The Kier molecular flexibility index (Phi) is 3.74. The van der Waals surface area contributed by atoms with Crippen LogP contribution in [0.15, 0.2) is 24.5 Å². The molecule has 0 spiro atoms. The first kappa shape index (κ1) is 14.0. The highest BCUT2D eigenvalue weighted by molar-refractivity contribution is 7.14. The zero-order valence-corrected chi connectivity index (χ0v) is 13.5. The van der Waals surface area contributed by atoms with Crippen molar-refractivity contribution in [3.63, 3.8) is 0 Å². The van der Waals surface area contributed by atoms with Crippen molar-refractivity contribution in [2.24, 2.45) is 0 Å². The Morgan fingerprint density at radius 2 is 2.23 bits per heavy atom. The van der Waals surface area contributed by atoms with E-state index < -0.39 is 0 Å². The van der Waals surface area contributed by atoms with Crippen molar-refractivity contribution in [3.8, 4) is 0 Å². The van der Waals surface area contributed by atoms with Crippen molar-refractivity contribution in [1.29, 1.82) is 0 Å². The van der Waals surface area contributed by atoms with Crippen molar-refractivity contribution in [2.45, 2.75) is 51.1 Å². The second-order valence-electron chi connectivity index (χ2n) is 6.29. The van der Waals surface area contributed by atoms with Gasteiger partial charge in [0, 0.05) is 23.8 Å². The number of amides is 1. The first-order chi connectivity index (χ1) is 10.8. The second kappa shape index (κ2) is 5.88. The van der Waals surface area contributed by atoms with Crippen LogP contribution in [0.5, 0.6) is 0 Å². The van der Waals surface area contributed by atoms with E-state index in [1.165, 1.54) is 23.3 Å². The molecule has 1 amide bonds. The van der Waals surface area contributed by atoms with Crippen molar-refractivity contribution >= 4 is 17.2 Å². The fourth-order valence-electron chi connectivity index (χ4n) is 3.65. The zero-order valence-electron chi connectivity index (χ0n) is 12.7. The number of aromatic nitrogens is 2. The van der Waals surface area contributed by atoms with Crippen LogP contribution in [0, 0.1) is 0 Å². The van der Waals surface area contributed by atoms with Crippen LogP contribution in [0.4, 0.5) is 0 Å². The fraction of sp³-hybridized carbons (Fsp3) is 0.529. The molecule has 0 radical (unpaired) electrons. The summed E-state index contributed by atoms with van der Waals surface area (Å²) in [5.41, 5.74) is 1.42. The largest absolute Gasteiger partial charge is 0.333 e. The predicted molar refractivity (Wildman–Crippen MR) is 87.2 cm³/mol. The van der Waals surface area contributed by atoms with E-state index in [0.717, 1.165) is 43.6 Å². The Morgan fingerprint density at radius 1 is 1.32 bits per heavy atom. The number of aryl methyl sites for hydroxylation is 2. The summed E-state index contributed by atoms with van der Waals surface area (Å²) in [6.07, 6.45) is 10.8. The van der Waals surface area contributed by atoms with Crippen LogP contribution in [0.1, 0.15) is 45.8 Å². The molecule has 1 atom stereocenters. The number of rotatable bonds is 3. The van der Waals surface area contributed by atoms with Crippen molar-refractivity contribution in [3.05, 3.63) is 39.8 Å². The molecule has 2 aromatic heterocycles. The second-order valence-corrected chi connectivity index (χ2v) is 7.43. The molecular formula is C17H21N3OS. The SMILES string of the molecule is O=C(c1cc2c(s1)CCCC2)N1CCC[C@@H]1Cn1cccn1. The van der Waals surface area contributed by atoms with Gasteiger partial charge in [-0.25, -0.2) is 0 Å². The molecule has 1 fully saturated rings. The third-order valence-corrected chi connectivity index (χ3v) is 6.03. The first-order valence-corrected chi connectivity index (χ1v) is 9.03. The van der Waals surface area contributed by atoms with Gasteiger partial charge >= 0.3 is 0 Å². The highest BCUT2D eigenvalue weighted by Crippen LogP contribution is 2.32. The number of likely N-dealkylation sites (tertiary alicyclic amines) is 1. The summed E-state index contributed by atoms with van der Waals surface area (Å²) in [6.45, 7) is 1.69. The van der Waals surface area contributed by atoms with Gasteiger partial charge in [0.1, 0.15) is 0 Å². The molecule has 22 heavy (non-hydrogen) atoms. The lowest BCUT2D eigenvalue weighted by Crippen LogP contribution is -2.37.